The summed E-state index contributed by atoms with van der Waals surface area (Å²) in [5.74, 6) is 0.347. The number of aliphatic hydroxyl groups is 1. The van der Waals surface area contributed by atoms with Crippen molar-refractivity contribution in [2.75, 3.05) is 45.9 Å². The second-order valence-corrected chi connectivity index (χ2v) is 5.91. The van der Waals surface area contributed by atoms with Crippen LogP contribution < -0.4 is 5.32 Å². The number of unbranched alkanes of at least 4 members (excludes halogenated alkanes) is 3. The van der Waals surface area contributed by atoms with Crippen LogP contribution in [-0.4, -0.2) is 72.7 Å². The van der Waals surface area contributed by atoms with E-state index < -0.39 is 0 Å². The summed E-state index contributed by atoms with van der Waals surface area (Å²) in [4.78, 5) is 17.0. The van der Waals surface area contributed by atoms with E-state index in [9.17, 15) is 4.79 Å². The summed E-state index contributed by atoms with van der Waals surface area (Å²) in [5.41, 5.74) is 0. The Morgan fingerprint density at radius 1 is 1.10 bits per heavy atom. The summed E-state index contributed by atoms with van der Waals surface area (Å²) in [6, 6.07) is 0.131. The second kappa shape index (κ2) is 8.60. The average molecular weight is 283 g/mol. The molecule has 2 N–H and O–H groups in total. The smallest absolute Gasteiger partial charge is 0.240 e. The van der Waals surface area contributed by atoms with Crippen LogP contribution in [-0.2, 0) is 4.79 Å². The van der Waals surface area contributed by atoms with Crippen LogP contribution in [0, 0.1) is 0 Å². The van der Waals surface area contributed by atoms with E-state index in [1.165, 1.54) is 0 Å². The van der Waals surface area contributed by atoms with Gasteiger partial charge >= 0.3 is 0 Å². The zero-order valence-corrected chi connectivity index (χ0v) is 12.5. The third kappa shape index (κ3) is 4.43. The van der Waals surface area contributed by atoms with Gasteiger partial charge in [0.05, 0.1) is 6.04 Å². The molecule has 1 amide bonds. The van der Waals surface area contributed by atoms with Gasteiger partial charge in [0.1, 0.15) is 0 Å². The molecule has 2 rings (SSSR count). The fourth-order valence-electron chi connectivity index (χ4n) is 3.25. The number of carbonyl (C=O) groups excluding carboxylic acids is 1. The third-order valence-electron chi connectivity index (χ3n) is 4.43. The van der Waals surface area contributed by atoms with Gasteiger partial charge in [-0.05, 0) is 38.8 Å². The van der Waals surface area contributed by atoms with Crippen LogP contribution in [0.2, 0.25) is 0 Å². The molecule has 2 fully saturated rings. The highest BCUT2D eigenvalue weighted by molar-refractivity contribution is 5.82. The van der Waals surface area contributed by atoms with Crippen LogP contribution in [0.15, 0.2) is 0 Å². The van der Waals surface area contributed by atoms with Crippen LogP contribution in [0.5, 0.6) is 0 Å². The van der Waals surface area contributed by atoms with Crippen molar-refractivity contribution in [1.29, 1.82) is 0 Å². The van der Waals surface area contributed by atoms with Gasteiger partial charge in [0, 0.05) is 32.8 Å². The predicted molar refractivity (Wildman–Crippen MR) is 79.6 cm³/mol. The lowest BCUT2D eigenvalue weighted by molar-refractivity contribution is -0.136. The molecule has 5 heteroatoms. The normalized spacial score (nSPS) is 24.2. The molecule has 0 aromatic carbocycles. The van der Waals surface area contributed by atoms with Gasteiger partial charge in [0.15, 0.2) is 0 Å². The number of rotatable bonds is 7. The maximum atomic E-state index is 12.6. The van der Waals surface area contributed by atoms with Gasteiger partial charge < -0.3 is 15.3 Å². The lowest BCUT2D eigenvalue weighted by atomic mass is 10.1. The van der Waals surface area contributed by atoms with E-state index >= 15 is 0 Å². The number of hydrogen-bond donors (Lipinski definition) is 2. The topological polar surface area (TPSA) is 55.8 Å². The largest absolute Gasteiger partial charge is 0.396 e. The van der Waals surface area contributed by atoms with E-state index in [4.69, 9.17) is 5.11 Å². The molecule has 0 radical (unpaired) electrons. The molecule has 0 aliphatic carbocycles. The molecule has 2 saturated heterocycles. The summed E-state index contributed by atoms with van der Waals surface area (Å²) in [6.45, 7) is 5.99. The van der Waals surface area contributed by atoms with E-state index in [2.05, 4.69) is 10.2 Å². The highest BCUT2D eigenvalue weighted by atomic mass is 16.2. The van der Waals surface area contributed by atoms with Crippen molar-refractivity contribution < 1.29 is 9.90 Å². The lowest BCUT2D eigenvalue weighted by Gasteiger charge is -2.33. The van der Waals surface area contributed by atoms with Crippen molar-refractivity contribution in [3.8, 4) is 0 Å². The Bertz CT molecular complexity index is 293. The molecule has 1 unspecified atom stereocenters. The minimum Gasteiger partial charge on any atom is -0.396 e. The number of nitrogens with zero attached hydrogens (tertiary/aromatic N) is 2. The number of hydrogen-bond acceptors (Lipinski definition) is 4. The highest BCUT2D eigenvalue weighted by Crippen LogP contribution is 2.20. The summed E-state index contributed by atoms with van der Waals surface area (Å²) >= 11 is 0. The van der Waals surface area contributed by atoms with Gasteiger partial charge in [0.25, 0.3) is 0 Å². The first-order valence-corrected chi connectivity index (χ1v) is 8.17. The Labute approximate surface area is 122 Å². The number of nitrogens with one attached hydrogen (secondary N) is 1. The van der Waals surface area contributed by atoms with Gasteiger partial charge in [-0.3, -0.25) is 9.69 Å². The zero-order valence-electron chi connectivity index (χ0n) is 12.5. The summed E-state index contributed by atoms with van der Waals surface area (Å²) in [7, 11) is 0. The van der Waals surface area contributed by atoms with Crippen molar-refractivity contribution in [1.82, 2.24) is 15.1 Å². The van der Waals surface area contributed by atoms with E-state index in [0.29, 0.717) is 12.5 Å². The van der Waals surface area contributed by atoms with E-state index in [1.54, 1.807) is 0 Å². The summed E-state index contributed by atoms with van der Waals surface area (Å²) < 4.78 is 0. The minimum atomic E-state index is 0.131. The lowest BCUT2D eigenvalue weighted by Crippen LogP contribution is -2.52. The Kier molecular flexibility index (Phi) is 6.76. The van der Waals surface area contributed by atoms with E-state index in [0.717, 1.165) is 77.8 Å². The van der Waals surface area contributed by atoms with E-state index in [-0.39, 0.29) is 6.04 Å². The van der Waals surface area contributed by atoms with Crippen LogP contribution in [0.1, 0.15) is 38.5 Å². The molecule has 0 saturated carbocycles. The van der Waals surface area contributed by atoms with E-state index in [1.807, 2.05) is 4.90 Å². The quantitative estimate of drug-likeness (QED) is 0.666. The number of amides is 1. The number of piperazine rings is 1. The monoisotopic (exact) mass is 283 g/mol. The van der Waals surface area contributed by atoms with Crippen LogP contribution in [0.4, 0.5) is 0 Å². The van der Waals surface area contributed by atoms with Gasteiger partial charge in [-0.15, -0.1) is 0 Å². The summed E-state index contributed by atoms with van der Waals surface area (Å²) in [6.07, 6.45) is 6.49. The first kappa shape index (κ1) is 15.7. The molecular formula is C15H29N3O2. The Morgan fingerprint density at radius 3 is 2.60 bits per heavy atom. The third-order valence-corrected chi connectivity index (χ3v) is 4.43. The van der Waals surface area contributed by atoms with Crippen LogP contribution in [0.25, 0.3) is 0 Å². The molecule has 2 aliphatic rings. The zero-order chi connectivity index (χ0) is 14.2. The molecule has 20 heavy (non-hydrogen) atoms. The Morgan fingerprint density at radius 2 is 1.85 bits per heavy atom. The Balaban J connectivity index is 1.73. The van der Waals surface area contributed by atoms with Crippen molar-refractivity contribution >= 4 is 5.91 Å². The Hall–Kier alpha value is -0.650. The van der Waals surface area contributed by atoms with Gasteiger partial charge in [-0.25, -0.2) is 0 Å². The maximum absolute atomic E-state index is 12.6. The van der Waals surface area contributed by atoms with Crippen molar-refractivity contribution in [2.24, 2.45) is 0 Å². The molecular weight excluding hydrogens is 254 g/mol. The van der Waals surface area contributed by atoms with Crippen molar-refractivity contribution in [3.63, 3.8) is 0 Å². The first-order chi connectivity index (χ1) is 9.83. The minimum absolute atomic E-state index is 0.131. The standard InChI is InChI=1S/C15H29N3O2/c19-13-4-2-1-3-9-17-10-5-6-14(17)15(20)18-11-7-16-8-12-18/h14,16,19H,1-13H2. The number of likely N-dealkylation sites (tertiary alicyclic amines) is 1. The molecule has 0 bridgehead atoms. The highest BCUT2D eigenvalue weighted by Gasteiger charge is 2.33. The maximum Gasteiger partial charge on any atom is 0.240 e. The predicted octanol–water partition coefficient (Wildman–Crippen LogP) is 0.435. The van der Waals surface area contributed by atoms with Crippen LogP contribution in [0.3, 0.4) is 0 Å². The second-order valence-electron chi connectivity index (χ2n) is 5.91. The van der Waals surface area contributed by atoms with Gasteiger partial charge in [-0.1, -0.05) is 12.8 Å². The molecule has 5 nitrogen and oxygen atoms in total. The molecule has 116 valence electrons. The molecule has 1 atom stereocenters. The van der Waals surface area contributed by atoms with Crippen molar-refractivity contribution in [3.05, 3.63) is 0 Å². The van der Waals surface area contributed by atoms with Crippen molar-refractivity contribution in [2.45, 2.75) is 44.6 Å². The SMILES string of the molecule is O=C(C1CCCN1CCCCCCO)N1CCNCC1. The molecule has 2 aliphatic heterocycles. The molecule has 2 heterocycles. The summed E-state index contributed by atoms with van der Waals surface area (Å²) in [5, 5.41) is 12.1. The molecule has 0 spiro atoms. The number of carbonyl (C=O) groups is 1. The van der Waals surface area contributed by atoms with Crippen LogP contribution >= 0.6 is 0 Å². The van der Waals surface area contributed by atoms with Gasteiger partial charge in [0.2, 0.25) is 5.91 Å². The molecule has 0 aromatic heterocycles. The molecule has 0 aromatic rings. The van der Waals surface area contributed by atoms with Gasteiger partial charge in [-0.2, -0.15) is 0 Å². The first-order valence-electron chi connectivity index (χ1n) is 8.17. The number of aliphatic hydroxyl groups excluding tert-OH is 1. The fourth-order valence-corrected chi connectivity index (χ4v) is 3.25. The fraction of sp³-hybridized carbons (Fsp3) is 0.933. The average Bonchev–Trinajstić information content (AvgIpc) is 2.95.